The summed E-state index contributed by atoms with van der Waals surface area (Å²) in [5.41, 5.74) is 0. The van der Waals surface area contributed by atoms with Gasteiger partial charge >= 0.3 is 11.9 Å². The molecule has 0 saturated carbocycles. The van der Waals surface area contributed by atoms with Crippen molar-refractivity contribution in [1.82, 2.24) is 0 Å². The number of carbonyl (C=O) groups is 2. The van der Waals surface area contributed by atoms with Crippen LogP contribution in [0.25, 0.3) is 0 Å². The highest BCUT2D eigenvalue weighted by atomic mass is 32.1. The molecule has 4 nitrogen and oxygen atoms in total. The number of allylic oxidation sites excluding steroid dienone is 2. The summed E-state index contributed by atoms with van der Waals surface area (Å²) in [4.78, 5) is 24.5. The number of rotatable bonds is 10. The van der Waals surface area contributed by atoms with Gasteiger partial charge in [0.15, 0.2) is 0 Å². The molecule has 6 heteroatoms. The van der Waals surface area contributed by atoms with Crippen molar-refractivity contribution < 1.29 is 19.4 Å². The summed E-state index contributed by atoms with van der Waals surface area (Å²) in [5, 5.41) is 12.8. The topological polar surface area (TPSA) is 63.6 Å². The molecule has 2 aromatic heterocycles. The monoisotopic (exact) mass is 406 g/mol. The van der Waals surface area contributed by atoms with Gasteiger partial charge < -0.3 is 9.84 Å². The number of hydrogen-bond acceptors (Lipinski definition) is 5. The number of hydrogen-bond donors (Lipinski definition) is 1. The van der Waals surface area contributed by atoms with Gasteiger partial charge in [0.05, 0.1) is 18.4 Å². The SMILES string of the molecule is C=CCC(C(=O)OCC)c1cccs1.C=CCC(Cc1cccs1)C(=O)O. The Morgan fingerprint density at radius 2 is 1.81 bits per heavy atom. The van der Waals surface area contributed by atoms with Crippen LogP contribution >= 0.6 is 22.7 Å². The van der Waals surface area contributed by atoms with Crippen LogP contribution in [0.1, 0.15) is 35.4 Å². The molecule has 2 aromatic rings. The van der Waals surface area contributed by atoms with E-state index >= 15 is 0 Å². The van der Waals surface area contributed by atoms with Crippen LogP contribution in [0.3, 0.4) is 0 Å². The second-order valence-electron chi connectivity index (χ2n) is 5.69. The lowest BCUT2D eigenvalue weighted by Crippen LogP contribution is -2.14. The van der Waals surface area contributed by atoms with Gasteiger partial charge in [-0.2, -0.15) is 0 Å². The van der Waals surface area contributed by atoms with Crippen molar-refractivity contribution in [3.05, 3.63) is 70.1 Å². The van der Waals surface area contributed by atoms with Gasteiger partial charge in [-0.15, -0.1) is 35.8 Å². The molecule has 0 fully saturated rings. The maximum Gasteiger partial charge on any atom is 0.314 e. The third kappa shape index (κ3) is 8.37. The van der Waals surface area contributed by atoms with Crippen LogP contribution in [0, 0.1) is 5.92 Å². The highest BCUT2D eigenvalue weighted by Crippen LogP contribution is 2.26. The summed E-state index contributed by atoms with van der Waals surface area (Å²) in [6, 6.07) is 7.79. The molecule has 2 unspecified atom stereocenters. The predicted molar refractivity (Wildman–Crippen MR) is 112 cm³/mol. The van der Waals surface area contributed by atoms with E-state index in [-0.39, 0.29) is 17.8 Å². The number of thiophene rings is 2. The molecular formula is C21H26O4S2. The van der Waals surface area contributed by atoms with E-state index in [1.165, 1.54) is 0 Å². The minimum Gasteiger partial charge on any atom is -0.481 e. The Bertz CT molecular complexity index is 690. The predicted octanol–water partition coefficient (Wildman–Crippen LogP) is 5.54. The highest BCUT2D eigenvalue weighted by molar-refractivity contribution is 7.10. The molecule has 0 bridgehead atoms. The van der Waals surface area contributed by atoms with Crippen LogP contribution in [-0.4, -0.2) is 23.7 Å². The molecule has 1 N–H and O–H groups in total. The number of carboxylic acids is 1. The number of esters is 1. The fraction of sp³-hybridized carbons (Fsp3) is 0.333. The Hall–Kier alpha value is -2.18. The Labute approximate surface area is 168 Å². The minimum absolute atomic E-state index is 0.158. The molecule has 0 amide bonds. The second kappa shape index (κ2) is 13.1. The van der Waals surface area contributed by atoms with Crippen molar-refractivity contribution in [1.29, 1.82) is 0 Å². The van der Waals surface area contributed by atoms with E-state index in [1.807, 2.05) is 41.9 Å². The zero-order chi connectivity index (χ0) is 20.1. The van der Waals surface area contributed by atoms with Crippen LogP contribution in [0.5, 0.6) is 0 Å². The summed E-state index contributed by atoms with van der Waals surface area (Å²) in [5.74, 6) is -1.40. The first kappa shape index (κ1) is 22.9. The first-order valence-corrected chi connectivity index (χ1v) is 10.5. The average Bonchev–Trinajstić information content (AvgIpc) is 3.34. The van der Waals surface area contributed by atoms with Crippen LogP contribution in [0.2, 0.25) is 0 Å². The Kier molecular flexibility index (Phi) is 11.1. The maximum absolute atomic E-state index is 11.6. The minimum atomic E-state index is -0.742. The van der Waals surface area contributed by atoms with Crippen molar-refractivity contribution >= 4 is 34.6 Å². The van der Waals surface area contributed by atoms with Gasteiger partial charge in [-0.3, -0.25) is 9.59 Å². The Morgan fingerprint density at radius 1 is 1.15 bits per heavy atom. The molecule has 2 heterocycles. The van der Waals surface area contributed by atoms with Gasteiger partial charge in [-0.05, 0) is 49.1 Å². The molecule has 0 spiro atoms. The normalized spacial score (nSPS) is 12.2. The van der Waals surface area contributed by atoms with Gasteiger partial charge in [0.1, 0.15) is 0 Å². The van der Waals surface area contributed by atoms with Crippen molar-refractivity contribution in [3.63, 3.8) is 0 Å². The zero-order valence-electron chi connectivity index (χ0n) is 15.5. The molecule has 2 rings (SSSR count). The van der Waals surface area contributed by atoms with E-state index in [4.69, 9.17) is 9.84 Å². The van der Waals surface area contributed by atoms with Gasteiger partial charge in [-0.1, -0.05) is 24.3 Å². The van der Waals surface area contributed by atoms with Crippen molar-refractivity contribution in [3.8, 4) is 0 Å². The average molecular weight is 407 g/mol. The van der Waals surface area contributed by atoms with E-state index in [0.29, 0.717) is 25.9 Å². The summed E-state index contributed by atoms with van der Waals surface area (Å²) in [6.45, 7) is 9.45. The van der Waals surface area contributed by atoms with E-state index < -0.39 is 5.97 Å². The Morgan fingerprint density at radius 3 is 2.30 bits per heavy atom. The molecular weight excluding hydrogens is 380 g/mol. The molecule has 2 atom stereocenters. The number of carboxylic acid groups (broad SMARTS) is 1. The fourth-order valence-corrected chi connectivity index (χ4v) is 3.99. The van der Waals surface area contributed by atoms with Gasteiger partial charge in [0.2, 0.25) is 0 Å². The van der Waals surface area contributed by atoms with Crippen molar-refractivity contribution in [2.45, 2.75) is 32.1 Å². The summed E-state index contributed by atoms with van der Waals surface area (Å²) in [7, 11) is 0. The smallest absolute Gasteiger partial charge is 0.314 e. The molecule has 0 aliphatic rings. The lowest BCUT2D eigenvalue weighted by atomic mass is 10.0. The molecule has 0 radical (unpaired) electrons. The largest absolute Gasteiger partial charge is 0.481 e. The fourth-order valence-electron chi connectivity index (χ4n) is 2.37. The van der Waals surface area contributed by atoms with E-state index in [1.54, 1.807) is 34.8 Å². The number of aliphatic carboxylic acids is 1. The third-order valence-electron chi connectivity index (χ3n) is 3.69. The number of ether oxygens (including phenoxy) is 1. The zero-order valence-corrected chi connectivity index (χ0v) is 17.1. The van der Waals surface area contributed by atoms with E-state index in [9.17, 15) is 9.59 Å². The second-order valence-corrected chi connectivity index (χ2v) is 7.70. The Balaban J connectivity index is 0.000000271. The summed E-state index contributed by atoms with van der Waals surface area (Å²) in [6.07, 6.45) is 5.19. The third-order valence-corrected chi connectivity index (χ3v) is 5.57. The van der Waals surface area contributed by atoms with Crippen LogP contribution in [-0.2, 0) is 20.7 Å². The lowest BCUT2D eigenvalue weighted by Gasteiger charge is -2.11. The van der Waals surface area contributed by atoms with Crippen molar-refractivity contribution in [2.75, 3.05) is 6.61 Å². The number of carbonyl (C=O) groups excluding carboxylic acids is 1. The molecule has 146 valence electrons. The van der Waals surface area contributed by atoms with Crippen molar-refractivity contribution in [2.24, 2.45) is 5.92 Å². The standard InChI is InChI=1S/C11H14O2S.C10H12O2S/c1-3-6-9(11(12)13-4-2)10-7-5-8-14-10;1-2-4-8(10(11)12)7-9-5-3-6-13-9/h3,5,7-9H,1,4,6H2,2H3;2-3,5-6,8H,1,4,7H2,(H,11,12). The van der Waals surface area contributed by atoms with Crippen LogP contribution in [0.4, 0.5) is 0 Å². The van der Waals surface area contributed by atoms with E-state index in [0.717, 1.165) is 9.75 Å². The summed E-state index contributed by atoms with van der Waals surface area (Å²) >= 11 is 3.17. The lowest BCUT2D eigenvalue weighted by molar-refractivity contribution is -0.145. The van der Waals surface area contributed by atoms with E-state index in [2.05, 4.69) is 13.2 Å². The molecule has 0 aliphatic carbocycles. The highest BCUT2D eigenvalue weighted by Gasteiger charge is 2.21. The van der Waals surface area contributed by atoms with Gasteiger partial charge in [-0.25, -0.2) is 0 Å². The quantitative estimate of drug-likeness (QED) is 0.416. The first-order chi connectivity index (χ1) is 13.0. The summed E-state index contributed by atoms with van der Waals surface area (Å²) < 4.78 is 5.00. The molecule has 27 heavy (non-hydrogen) atoms. The van der Waals surface area contributed by atoms with Gasteiger partial charge in [0, 0.05) is 9.75 Å². The molecule has 0 saturated heterocycles. The van der Waals surface area contributed by atoms with Crippen LogP contribution < -0.4 is 0 Å². The molecule has 0 aliphatic heterocycles. The maximum atomic E-state index is 11.6. The first-order valence-electron chi connectivity index (χ1n) is 8.70. The van der Waals surface area contributed by atoms with Gasteiger partial charge in [0.25, 0.3) is 0 Å². The molecule has 0 aromatic carbocycles. The van der Waals surface area contributed by atoms with Crippen LogP contribution in [0.15, 0.2) is 60.3 Å².